The largest absolute Gasteiger partial charge is 0.492 e. The van der Waals surface area contributed by atoms with Crippen LogP contribution in [0.1, 0.15) is 23.4 Å². The van der Waals surface area contributed by atoms with Crippen molar-refractivity contribution in [3.05, 3.63) is 51.2 Å². The van der Waals surface area contributed by atoms with Crippen molar-refractivity contribution in [2.24, 2.45) is 0 Å². The molecule has 2 heterocycles. The van der Waals surface area contributed by atoms with Crippen LogP contribution in [0.5, 0.6) is 5.75 Å². The van der Waals surface area contributed by atoms with E-state index in [1.807, 2.05) is 23.5 Å². The molecule has 128 valence electrons. The lowest BCUT2D eigenvalue weighted by atomic mass is 10.0. The number of amides is 1. The van der Waals surface area contributed by atoms with Gasteiger partial charge in [0, 0.05) is 21.9 Å². The van der Waals surface area contributed by atoms with Gasteiger partial charge in [0.05, 0.1) is 13.1 Å². The summed E-state index contributed by atoms with van der Waals surface area (Å²) < 4.78 is 5.58. The summed E-state index contributed by atoms with van der Waals surface area (Å²) in [6.45, 7) is 4.69. The van der Waals surface area contributed by atoms with Crippen LogP contribution in [0.4, 0.5) is 0 Å². The van der Waals surface area contributed by atoms with Crippen molar-refractivity contribution >= 4 is 28.8 Å². The molecule has 4 nitrogen and oxygen atoms in total. The molecule has 2 N–H and O–H groups in total. The average Bonchev–Trinajstić information content (AvgIpc) is 3.05. The summed E-state index contributed by atoms with van der Waals surface area (Å²) in [7, 11) is 0. The molecule has 0 saturated heterocycles. The molecule has 3 rings (SSSR count). The molecule has 24 heavy (non-hydrogen) atoms. The van der Waals surface area contributed by atoms with Crippen LogP contribution in [0.25, 0.3) is 0 Å². The molecule has 0 spiro atoms. The molecule has 0 aliphatic carbocycles. The summed E-state index contributed by atoms with van der Waals surface area (Å²) >= 11 is 7.66. The first kappa shape index (κ1) is 17.3. The molecule has 0 bridgehead atoms. The predicted octanol–water partition coefficient (Wildman–Crippen LogP) is 2.10. The lowest BCUT2D eigenvalue weighted by molar-refractivity contribution is -0.924. The van der Waals surface area contributed by atoms with E-state index in [0.717, 1.165) is 18.7 Å². The Hall–Kier alpha value is -1.56. The van der Waals surface area contributed by atoms with Gasteiger partial charge in [0.2, 0.25) is 0 Å². The maximum absolute atomic E-state index is 12.2. The fourth-order valence-electron chi connectivity index (χ4n) is 3.05. The summed E-state index contributed by atoms with van der Waals surface area (Å²) in [5, 5.41) is 5.78. The maximum atomic E-state index is 12.2. The Labute approximate surface area is 151 Å². The molecule has 0 saturated carbocycles. The van der Waals surface area contributed by atoms with Crippen LogP contribution in [0, 0.1) is 0 Å². The van der Waals surface area contributed by atoms with Crippen LogP contribution in [0.3, 0.4) is 0 Å². The molecule has 1 unspecified atom stereocenters. The SMILES string of the molecule is C[C@H]1c2ccsc2CC[NH+]1CC(=O)NCCOc1ccc(Cl)cc1. The number of hydrogen-bond acceptors (Lipinski definition) is 3. The molecule has 6 heteroatoms. The zero-order valence-electron chi connectivity index (χ0n) is 13.7. The topological polar surface area (TPSA) is 42.8 Å². The highest BCUT2D eigenvalue weighted by Gasteiger charge is 2.29. The number of quaternary nitrogens is 1. The number of carbonyl (C=O) groups excluding carboxylic acids is 1. The third-order valence-corrected chi connectivity index (χ3v) is 5.67. The number of hydrogen-bond donors (Lipinski definition) is 2. The highest BCUT2D eigenvalue weighted by Crippen LogP contribution is 2.24. The fraction of sp³-hybridized carbons (Fsp3) is 0.389. The minimum Gasteiger partial charge on any atom is -0.492 e. The monoisotopic (exact) mass is 365 g/mol. The summed E-state index contributed by atoms with van der Waals surface area (Å²) in [4.78, 5) is 15.0. The van der Waals surface area contributed by atoms with E-state index in [0.29, 0.717) is 30.8 Å². The predicted molar refractivity (Wildman–Crippen MR) is 97.1 cm³/mol. The first-order valence-electron chi connectivity index (χ1n) is 8.19. The van der Waals surface area contributed by atoms with E-state index in [9.17, 15) is 4.79 Å². The van der Waals surface area contributed by atoms with Gasteiger partial charge in [-0.1, -0.05) is 11.6 Å². The summed E-state index contributed by atoms with van der Waals surface area (Å²) in [6, 6.07) is 9.80. The Morgan fingerprint density at radius 2 is 2.17 bits per heavy atom. The van der Waals surface area contributed by atoms with E-state index < -0.39 is 0 Å². The Morgan fingerprint density at radius 1 is 1.38 bits per heavy atom. The highest BCUT2D eigenvalue weighted by atomic mass is 35.5. The molecule has 1 aliphatic heterocycles. The molecular weight excluding hydrogens is 344 g/mol. The second-order valence-corrected chi connectivity index (χ2v) is 7.45. The van der Waals surface area contributed by atoms with Gasteiger partial charge in [-0.25, -0.2) is 0 Å². The van der Waals surface area contributed by atoms with Gasteiger partial charge < -0.3 is 15.0 Å². The minimum absolute atomic E-state index is 0.0789. The van der Waals surface area contributed by atoms with Crippen LogP contribution in [-0.4, -0.2) is 32.1 Å². The van der Waals surface area contributed by atoms with Gasteiger partial charge in [-0.3, -0.25) is 4.79 Å². The lowest BCUT2D eigenvalue weighted by Gasteiger charge is -2.29. The van der Waals surface area contributed by atoms with E-state index in [2.05, 4.69) is 23.7 Å². The molecule has 0 radical (unpaired) electrons. The summed E-state index contributed by atoms with van der Waals surface area (Å²) in [5.74, 6) is 0.837. The number of rotatable bonds is 6. The van der Waals surface area contributed by atoms with Gasteiger partial charge in [0.1, 0.15) is 18.4 Å². The summed E-state index contributed by atoms with van der Waals surface area (Å²) in [5.41, 5.74) is 1.40. The molecule has 1 aliphatic rings. The van der Waals surface area contributed by atoms with E-state index in [4.69, 9.17) is 16.3 Å². The minimum atomic E-state index is 0.0789. The number of benzene rings is 1. The van der Waals surface area contributed by atoms with E-state index in [1.54, 1.807) is 12.1 Å². The number of fused-ring (bicyclic) bond motifs is 1. The normalized spacial score (nSPS) is 19.6. The standard InChI is InChI=1S/C18H21ClN2O2S/c1-13-16-7-11-24-17(16)6-9-21(13)12-18(22)20-8-10-23-15-4-2-14(19)3-5-15/h2-5,7,11,13H,6,8-10,12H2,1H3,(H,20,22)/p+1/t13-/m0/s1. The van der Waals surface area contributed by atoms with Crippen molar-refractivity contribution in [3.63, 3.8) is 0 Å². The molecule has 2 atom stereocenters. The Balaban J connectivity index is 1.39. The summed E-state index contributed by atoms with van der Waals surface area (Å²) in [6.07, 6.45) is 1.07. The number of halogens is 1. The second-order valence-electron chi connectivity index (χ2n) is 6.01. The molecule has 0 fully saturated rings. The first-order valence-corrected chi connectivity index (χ1v) is 9.45. The number of carbonyl (C=O) groups is 1. The van der Waals surface area contributed by atoms with Gasteiger partial charge >= 0.3 is 0 Å². The fourth-order valence-corrected chi connectivity index (χ4v) is 4.16. The van der Waals surface area contributed by atoms with Crippen molar-refractivity contribution in [2.75, 3.05) is 26.2 Å². The van der Waals surface area contributed by atoms with Crippen LogP contribution in [0.15, 0.2) is 35.7 Å². The Kier molecular flexibility index (Phi) is 5.76. The van der Waals surface area contributed by atoms with Crippen LogP contribution < -0.4 is 15.0 Å². The van der Waals surface area contributed by atoms with Gasteiger partial charge in [0.15, 0.2) is 6.54 Å². The molecule has 1 aromatic carbocycles. The quantitative estimate of drug-likeness (QED) is 0.770. The van der Waals surface area contributed by atoms with E-state index in [-0.39, 0.29) is 5.91 Å². The lowest BCUT2D eigenvalue weighted by Crippen LogP contribution is -3.14. The van der Waals surface area contributed by atoms with Crippen LogP contribution >= 0.6 is 22.9 Å². The maximum Gasteiger partial charge on any atom is 0.275 e. The van der Waals surface area contributed by atoms with Gasteiger partial charge in [-0.2, -0.15) is 0 Å². The highest BCUT2D eigenvalue weighted by molar-refractivity contribution is 7.10. The molecule has 2 aromatic rings. The van der Waals surface area contributed by atoms with Crippen LogP contribution in [-0.2, 0) is 11.2 Å². The Morgan fingerprint density at radius 3 is 2.96 bits per heavy atom. The van der Waals surface area contributed by atoms with Crippen molar-refractivity contribution in [3.8, 4) is 5.75 Å². The smallest absolute Gasteiger partial charge is 0.275 e. The number of nitrogens with one attached hydrogen (secondary N) is 2. The number of ether oxygens (including phenoxy) is 1. The first-order chi connectivity index (χ1) is 11.6. The van der Waals surface area contributed by atoms with Crippen LogP contribution in [0.2, 0.25) is 5.02 Å². The van der Waals surface area contributed by atoms with Gasteiger partial charge in [-0.05, 0) is 42.6 Å². The Bertz CT molecular complexity index is 687. The van der Waals surface area contributed by atoms with Crippen molar-refractivity contribution in [1.29, 1.82) is 0 Å². The zero-order chi connectivity index (χ0) is 16.9. The molecule has 1 aromatic heterocycles. The third-order valence-electron chi connectivity index (χ3n) is 4.43. The molecule has 1 amide bonds. The van der Waals surface area contributed by atoms with Crippen molar-refractivity contribution in [2.45, 2.75) is 19.4 Å². The van der Waals surface area contributed by atoms with Crippen molar-refractivity contribution < 1.29 is 14.4 Å². The number of thiophene rings is 1. The van der Waals surface area contributed by atoms with E-state index >= 15 is 0 Å². The van der Waals surface area contributed by atoms with Crippen molar-refractivity contribution in [1.82, 2.24) is 5.32 Å². The van der Waals surface area contributed by atoms with Gasteiger partial charge in [0.25, 0.3) is 5.91 Å². The molecular formula is C18H22ClN2O2S+. The third kappa shape index (κ3) is 4.29. The van der Waals surface area contributed by atoms with E-state index in [1.165, 1.54) is 15.3 Å². The van der Waals surface area contributed by atoms with Gasteiger partial charge in [-0.15, -0.1) is 11.3 Å². The second kappa shape index (κ2) is 8.01. The average molecular weight is 366 g/mol. The zero-order valence-corrected chi connectivity index (χ0v) is 15.3.